The first-order valence-corrected chi connectivity index (χ1v) is 10.0. The van der Waals surface area contributed by atoms with E-state index in [4.69, 9.17) is 0 Å². The van der Waals surface area contributed by atoms with E-state index in [9.17, 15) is 9.18 Å². The zero-order chi connectivity index (χ0) is 18.8. The monoisotopic (exact) mass is 475 g/mol. The van der Waals surface area contributed by atoms with Crippen LogP contribution in [0.25, 0.3) is 10.9 Å². The highest BCUT2D eigenvalue weighted by Gasteiger charge is 2.24. The number of aromatic nitrogens is 1. The van der Waals surface area contributed by atoms with Crippen LogP contribution in [0.5, 0.6) is 0 Å². The normalized spacial score (nSPS) is 15.1. The molecule has 6 heteroatoms. The molecule has 2 aromatic carbocycles. The molecule has 0 atom stereocenters. The summed E-state index contributed by atoms with van der Waals surface area (Å²) >= 11 is 2.00. The molecule has 0 bridgehead atoms. The third-order valence-corrected chi connectivity index (χ3v) is 5.89. The SMILES string of the molecule is O=C(NC1CCN(c2ccnc3ccccc23)CC1)c1c(F)cccc1I. The molecule has 4 nitrogen and oxygen atoms in total. The Bertz CT molecular complexity index is 961. The second-order valence-corrected chi connectivity index (χ2v) is 7.84. The molecule has 0 radical (unpaired) electrons. The van der Waals surface area contributed by atoms with Crippen molar-refractivity contribution in [3.63, 3.8) is 0 Å². The van der Waals surface area contributed by atoms with Gasteiger partial charge in [-0.05, 0) is 59.7 Å². The van der Waals surface area contributed by atoms with Crippen molar-refractivity contribution in [1.82, 2.24) is 10.3 Å². The first kappa shape index (κ1) is 18.2. The summed E-state index contributed by atoms with van der Waals surface area (Å²) in [6, 6.07) is 14.9. The summed E-state index contributed by atoms with van der Waals surface area (Å²) in [6.07, 6.45) is 3.49. The molecule has 27 heavy (non-hydrogen) atoms. The molecule has 1 N–H and O–H groups in total. The van der Waals surface area contributed by atoms with Gasteiger partial charge in [-0.15, -0.1) is 0 Å². The molecule has 138 valence electrons. The van der Waals surface area contributed by atoms with E-state index >= 15 is 0 Å². The number of amides is 1. The van der Waals surface area contributed by atoms with Crippen LogP contribution in [0.15, 0.2) is 54.7 Å². The molecule has 0 aliphatic carbocycles. The van der Waals surface area contributed by atoms with Crippen molar-refractivity contribution < 1.29 is 9.18 Å². The van der Waals surface area contributed by atoms with Crippen LogP contribution >= 0.6 is 22.6 Å². The number of hydrogen-bond acceptors (Lipinski definition) is 3. The molecule has 1 fully saturated rings. The minimum absolute atomic E-state index is 0.0530. The fraction of sp³-hybridized carbons (Fsp3) is 0.238. The summed E-state index contributed by atoms with van der Waals surface area (Å²) in [7, 11) is 0. The highest BCUT2D eigenvalue weighted by Crippen LogP contribution is 2.28. The van der Waals surface area contributed by atoms with Gasteiger partial charge in [0.15, 0.2) is 0 Å². The van der Waals surface area contributed by atoms with Crippen LogP contribution in [0.3, 0.4) is 0 Å². The number of pyridine rings is 1. The molecule has 0 unspecified atom stereocenters. The maximum absolute atomic E-state index is 14.0. The summed E-state index contributed by atoms with van der Waals surface area (Å²) in [6.45, 7) is 1.68. The highest BCUT2D eigenvalue weighted by atomic mass is 127. The number of piperidine rings is 1. The van der Waals surface area contributed by atoms with Gasteiger partial charge >= 0.3 is 0 Å². The van der Waals surface area contributed by atoms with Crippen LogP contribution in [0.2, 0.25) is 0 Å². The Balaban J connectivity index is 1.44. The molecule has 1 aromatic heterocycles. The summed E-state index contributed by atoms with van der Waals surface area (Å²) < 4.78 is 14.6. The second-order valence-electron chi connectivity index (χ2n) is 6.68. The van der Waals surface area contributed by atoms with Crippen LogP contribution < -0.4 is 10.2 Å². The van der Waals surface area contributed by atoms with Crippen molar-refractivity contribution in [2.24, 2.45) is 0 Å². The molecule has 1 aliphatic heterocycles. The van der Waals surface area contributed by atoms with Crippen LogP contribution in [0, 0.1) is 9.39 Å². The predicted octanol–water partition coefficient (Wildman–Crippen LogP) is 4.38. The lowest BCUT2D eigenvalue weighted by Gasteiger charge is -2.34. The minimum atomic E-state index is -0.472. The number of benzene rings is 2. The van der Waals surface area contributed by atoms with Gasteiger partial charge in [0.2, 0.25) is 0 Å². The predicted molar refractivity (Wildman–Crippen MR) is 114 cm³/mol. The third-order valence-electron chi connectivity index (χ3n) is 4.99. The highest BCUT2D eigenvalue weighted by molar-refractivity contribution is 14.1. The smallest absolute Gasteiger partial charge is 0.255 e. The number of nitrogens with zero attached hydrogens (tertiary/aromatic N) is 2. The van der Waals surface area contributed by atoms with Crippen LogP contribution in [-0.2, 0) is 0 Å². The average Bonchev–Trinajstić information content (AvgIpc) is 2.68. The zero-order valence-corrected chi connectivity index (χ0v) is 16.8. The van der Waals surface area contributed by atoms with Crippen molar-refractivity contribution in [3.8, 4) is 0 Å². The summed E-state index contributed by atoms with van der Waals surface area (Å²) in [5, 5.41) is 4.15. The lowest BCUT2D eigenvalue weighted by molar-refractivity contribution is 0.0926. The van der Waals surface area contributed by atoms with Crippen LogP contribution in [0.1, 0.15) is 23.2 Å². The van der Waals surface area contributed by atoms with Gasteiger partial charge in [0.1, 0.15) is 5.82 Å². The molecule has 4 rings (SSSR count). The number of anilines is 1. The number of carbonyl (C=O) groups is 1. The van der Waals surface area contributed by atoms with Crippen molar-refractivity contribution in [2.75, 3.05) is 18.0 Å². The number of fused-ring (bicyclic) bond motifs is 1. The van der Waals surface area contributed by atoms with Gasteiger partial charge in [-0.2, -0.15) is 0 Å². The van der Waals surface area contributed by atoms with Gasteiger partial charge in [-0.3, -0.25) is 9.78 Å². The van der Waals surface area contributed by atoms with Gasteiger partial charge in [-0.25, -0.2) is 4.39 Å². The van der Waals surface area contributed by atoms with Crippen molar-refractivity contribution in [2.45, 2.75) is 18.9 Å². The van der Waals surface area contributed by atoms with E-state index in [0.29, 0.717) is 3.57 Å². The molecule has 1 aliphatic rings. The zero-order valence-electron chi connectivity index (χ0n) is 14.7. The van der Waals surface area contributed by atoms with Crippen molar-refractivity contribution in [1.29, 1.82) is 0 Å². The molecular formula is C21H19FIN3O. The Morgan fingerprint density at radius 2 is 1.89 bits per heavy atom. The largest absolute Gasteiger partial charge is 0.371 e. The maximum atomic E-state index is 14.0. The lowest BCUT2D eigenvalue weighted by atomic mass is 10.0. The van der Waals surface area contributed by atoms with Gasteiger partial charge < -0.3 is 10.2 Å². The molecule has 1 saturated heterocycles. The Morgan fingerprint density at radius 1 is 1.11 bits per heavy atom. The molecule has 0 saturated carbocycles. The van der Waals surface area contributed by atoms with E-state index in [1.54, 1.807) is 12.1 Å². The van der Waals surface area contributed by atoms with Gasteiger partial charge in [0.05, 0.1) is 11.1 Å². The Morgan fingerprint density at radius 3 is 2.67 bits per heavy atom. The summed E-state index contributed by atoms with van der Waals surface area (Å²) in [5.41, 5.74) is 2.30. The molecule has 2 heterocycles. The average molecular weight is 475 g/mol. The first-order chi connectivity index (χ1) is 13.1. The third kappa shape index (κ3) is 3.76. The lowest BCUT2D eigenvalue weighted by Crippen LogP contribution is -2.45. The summed E-state index contributed by atoms with van der Waals surface area (Å²) in [4.78, 5) is 19.3. The molecule has 1 amide bonds. The number of halogens is 2. The second kappa shape index (κ2) is 7.80. The van der Waals surface area contributed by atoms with Gasteiger partial charge in [-0.1, -0.05) is 24.3 Å². The van der Waals surface area contributed by atoms with E-state index in [1.807, 2.05) is 53.1 Å². The number of para-hydroxylation sites is 1. The van der Waals surface area contributed by atoms with E-state index in [2.05, 4.69) is 21.3 Å². The quantitative estimate of drug-likeness (QED) is 0.573. The van der Waals surface area contributed by atoms with E-state index in [-0.39, 0.29) is 17.5 Å². The number of nitrogens with one attached hydrogen (secondary N) is 1. The Labute approximate surface area is 170 Å². The fourth-order valence-corrected chi connectivity index (χ4v) is 4.30. The number of carbonyl (C=O) groups excluding carboxylic acids is 1. The molecule has 3 aromatic rings. The van der Waals surface area contributed by atoms with Gasteiger partial charge in [0, 0.05) is 40.0 Å². The molecule has 0 spiro atoms. The van der Waals surface area contributed by atoms with Crippen LogP contribution in [-0.4, -0.2) is 30.0 Å². The molecular weight excluding hydrogens is 456 g/mol. The fourth-order valence-electron chi connectivity index (χ4n) is 3.59. The first-order valence-electron chi connectivity index (χ1n) is 8.97. The number of hydrogen-bond donors (Lipinski definition) is 1. The van der Waals surface area contributed by atoms with E-state index < -0.39 is 5.82 Å². The summed E-state index contributed by atoms with van der Waals surface area (Å²) in [5.74, 6) is -0.801. The van der Waals surface area contributed by atoms with Crippen molar-refractivity contribution in [3.05, 3.63) is 69.7 Å². The Kier molecular flexibility index (Phi) is 5.24. The number of rotatable bonds is 3. The maximum Gasteiger partial charge on any atom is 0.255 e. The standard InChI is InChI=1S/C21H19FIN3O/c22-16-5-3-6-17(23)20(16)21(27)25-14-9-12-26(13-10-14)19-8-11-24-18-7-2-1-4-15(18)19/h1-8,11,14H,9-10,12-13H2,(H,25,27). The minimum Gasteiger partial charge on any atom is -0.371 e. The topological polar surface area (TPSA) is 45.2 Å². The van der Waals surface area contributed by atoms with Gasteiger partial charge in [0.25, 0.3) is 5.91 Å². The Hall–Kier alpha value is -2.22. The van der Waals surface area contributed by atoms with E-state index in [0.717, 1.165) is 36.8 Å². The van der Waals surface area contributed by atoms with Crippen LogP contribution in [0.4, 0.5) is 10.1 Å². The van der Waals surface area contributed by atoms with E-state index in [1.165, 1.54) is 11.8 Å². The van der Waals surface area contributed by atoms with Crippen molar-refractivity contribution >= 4 is 45.1 Å².